The van der Waals surface area contributed by atoms with E-state index in [-0.39, 0.29) is 23.1 Å². The number of ether oxygens (including phenoxy) is 1. The van der Waals surface area contributed by atoms with Gasteiger partial charge in [-0.3, -0.25) is 15.4 Å². The minimum absolute atomic E-state index is 0.0270. The van der Waals surface area contributed by atoms with Crippen LogP contribution in [0.3, 0.4) is 0 Å². The van der Waals surface area contributed by atoms with Crippen LogP contribution in [-0.2, 0) is 0 Å². The van der Waals surface area contributed by atoms with E-state index in [9.17, 15) is 10.1 Å². The number of rotatable bonds is 5. The third kappa shape index (κ3) is 3.09. The van der Waals surface area contributed by atoms with E-state index >= 15 is 0 Å². The molecule has 0 radical (unpaired) electrons. The highest BCUT2D eigenvalue weighted by Gasteiger charge is 2.25. The lowest BCUT2D eigenvalue weighted by Gasteiger charge is -2.21. The summed E-state index contributed by atoms with van der Waals surface area (Å²) in [6, 6.07) is 6.27. The SMILES string of the molecule is CNC(C)(C#N)COc1c(Cl)cccc1[N+](=O)[O-]. The number of hydrogen-bond donors (Lipinski definition) is 1. The Hall–Kier alpha value is -1.84. The molecule has 0 aliphatic heterocycles. The first-order valence-electron chi connectivity index (χ1n) is 5.09. The molecule has 0 amide bonds. The highest BCUT2D eigenvalue weighted by Crippen LogP contribution is 2.34. The summed E-state index contributed by atoms with van der Waals surface area (Å²) in [5, 5.41) is 22.7. The van der Waals surface area contributed by atoms with Crippen molar-refractivity contribution in [3.8, 4) is 11.8 Å². The molecule has 6 nitrogen and oxygen atoms in total. The zero-order valence-corrected chi connectivity index (χ0v) is 10.7. The first-order valence-corrected chi connectivity index (χ1v) is 5.47. The fourth-order valence-electron chi connectivity index (χ4n) is 1.16. The number of nitro groups is 1. The van der Waals surface area contributed by atoms with E-state index in [1.165, 1.54) is 18.2 Å². The average Bonchev–Trinajstić information content (AvgIpc) is 2.36. The number of hydrogen-bond acceptors (Lipinski definition) is 5. The maximum absolute atomic E-state index is 10.8. The highest BCUT2D eigenvalue weighted by molar-refractivity contribution is 6.32. The first-order chi connectivity index (χ1) is 8.43. The Balaban J connectivity index is 2.98. The molecule has 0 aromatic heterocycles. The summed E-state index contributed by atoms with van der Waals surface area (Å²) in [4.78, 5) is 10.2. The number of halogens is 1. The van der Waals surface area contributed by atoms with Crippen LogP contribution >= 0.6 is 11.6 Å². The summed E-state index contributed by atoms with van der Waals surface area (Å²) in [5.41, 5.74) is -1.16. The van der Waals surface area contributed by atoms with E-state index in [1.807, 2.05) is 6.07 Å². The number of nitrogens with zero attached hydrogens (tertiary/aromatic N) is 2. The smallest absolute Gasteiger partial charge is 0.312 e. The van der Waals surface area contributed by atoms with Crippen LogP contribution < -0.4 is 10.1 Å². The summed E-state index contributed by atoms with van der Waals surface area (Å²) >= 11 is 5.86. The average molecular weight is 270 g/mol. The molecule has 1 N–H and O–H groups in total. The van der Waals surface area contributed by atoms with E-state index in [2.05, 4.69) is 5.32 Å². The molecule has 1 aromatic rings. The molecule has 0 spiro atoms. The van der Waals surface area contributed by atoms with Gasteiger partial charge in [0.1, 0.15) is 12.1 Å². The molecule has 0 saturated carbocycles. The van der Waals surface area contributed by atoms with E-state index < -0.39 is 10.5 Å². The Labute approximate surface area is 109 Å². The predicted molar refractivity (Wildman–Crippen MR) is 66.7 cm³/mol. The van der Waals surface area contributed by atoms with Crippen molar-refractivity contribution in [1.29, 1.82) is 5.26 Å². The van der Waals surface area contributed by atoms with Crippen molar-refractivity contribution >= 4 is 17.3 Å². The molecular weight excluding hydrogens is 258 g/mol. The molecule has 0 aliphatic carbocycles. The third-order valence-electron chi connectivity index (χ3n) is 2.45. The van der Waals surface area contributed by atoms with E-state index in [0.717, 1.165) is 0 Å². The maximum Gasteiger partial charge on any atom is 0.312 e. The highest BCUT2D eigenvalue weighted by atomic mass is 35.5. The molecule has 0 fully saturated rings. The quantitative estimate of drug-likeness (QED) is 0.653. The van der Waals surface area contributed by atoms with Crippen molar-refractivity contribution in [3.63, 3.8) is 0 Å². The van der Waals surface area contributed by atoms with Crippen LogP contribution in [-0.4, -0.2) is 24.1 Å². The van der Waals surface area contributed by atoms with Crippen LogP contribution in [0.2, 0.25) is 5.02 Å². The molecule has 18 heavy (non-hydrogen) atoms. The lowest BCUT2D eigenvalue weighted by atomic mass is 10.1. The molecule has 7 heteroatoms. The number of likely N-dealkylation sites (N-methyl/N-ethyl adjacent to an activating group) is 1. The van der Waals surface area contributed by atoms with Gasteiger partial charge in [0, 0.05) is 6.07 Å². The Morgan fingerprint density at radius 3 is 2.83 bits per heavy atom. The van der Waals surface area contributed by atoms with Crippen molar-refractivity contribution < 1.29 is 9.66 Å². The van der Waals surface area contributed by atoms with E-state index in [0.29, 0.717) is 0 Å². The van der Waals surface area contributed by atoms with Crippen LogP contribution in [0.5, 0.6) is 5.75 Å². The minimum Gasteiger partial charge on any atom is -0.483 e. The number of nitriles is 1. The second-order valence-electron chi connectivity index (χ2n) is 3.83. The number of nitrogens with one attached hydrogen (secondary N) is 1. The van der Waals surface area contributed by atoms with E-state index in [1.54, 1.807) is 14.0 Å². The molecule has 1 unspecified atom stereocenters. The van der Waals surface area contributed by atoms with Crippen molar-refractivity contribution in [2.75, 3.05) is 13.7 Å². The molecular formula is C11H12ClN3O3. The largest absolute Gasteiger partial charge is 0.483 e. The summed E-state index contributed by atoms with van der Waals surface area (Å²) in [7, 11) is 1.60. The zero-order valence-electron chi connectivity index (χ0n) is 9.94. The fourth-order valence-corrected chi connectivity index (χ4v) is 1.39. The van der Waals surface area contributed by atoms with Crippen LogP contribution in [0.1, 0.15) is 6.92 Å². The topological polar surface area (TPSA) is 88.2 Å². The van der Waals surface area contributed by atoms with E-state index in [4.69, 9.17) is 21.6 Å². The lowest BCUT2D eigenvalue weighted by Crippen LogP contribution is -2.43. The number of nitro benzene ring substituents is 1. The van der Waals surface area contributed by atoms with Crippen molar-refractivity contribution in [2.45, 2.75) is 12.5 Å². The Kier molecular flexibility index (Phi) is 4.48. The molecule has 0 saturated heterocycles. The molecule has 0 bridgehead atoms. The molecule has 0 heterocycles. The third-order valence-corrected chi connectivity index (χ3v) is 2.74. The van der Waals surface area contributed by atoms with Gasteiger partial charge in [0.25, 0.3) is 0 Å². The Morgan fingerprint density at radius 2 is 2.33 bits per heavy atom. The van der Waals surface area contributed by atoms with Crippen LogP contribution in [0.4, 0.5) is 5.69 Å². The normalized spacial score (nSPS) is 13.4. The summed E-state index contributed by atoms with van der Waals surface area (Å²) in [6.07, 6.45) is 0. The second kappa shape index (κ2) is 5.67. The van der Waals surface area contributed by atoms with Gasteiger partial charge >= 0.3 is 5.69 Å². The Morgan fingerprint density at radius 1 is 1.67 bits per heavy atom. The summed E-state index contributed by atoms with van der Waals surface area (Å²) < 4.78 is 5.32. The number of benzene rings is 1. The van der Waals surface area contributed by atoms with Gasteiger partial charge in [0.2, 0.25) is 5.75 Å². The summed E-state index contributed by atoms with van der Waals surface area (Å²) in [5.74, 6) is -0.0270. The molecule has 0 aliphatic rings. The standard InChI is InChI=1S/C11H12ClN3O3/c1-11(6-13,14-2)7-18-10-8(12)4-3-5-9(10)15(16)17/h3-5,14H,7H2,1-2H3. The van der Waals surface area contributed by atoms with Gasteiger partial charge in [-0.1, -0.05) is 17.7 Å². The summed E-state index contributed by atoms with van der Waals surface area (Å²) in [6.45, 7) is 1.57. The lowest BCUT2D eigenvalue weighted by molar-refractivity contribution is -0.385. The van der Waals surface area contributed by atoms with Crippen LogP contribution in [0, 0.1) is 21.4 Å². The van der Waals surface area contributed by atoms with Gasteiger partial charge in [0.05, 0.1) is 16.0 Å². The maximum atomic E-state index is 10.8. The predicted octanol–water partition coefficient (Wildman–Crippen LogP) is 2.13. The van der Waals surface area contributed by atoms with Crippen molar-refractivity contribution in [2.24, 2.45) is 0 Å². The second-order valence-corrected chi connectivity index (χ2v) is 4.23. The Bertz CT molecular complexity index is 501. The van der Waals surface area contributed by atoms with Crippen LogP contribution in [0.15, 0.2) is 18.2 Å². The monoisotopic (exact) mass is 269 g/mol. The fraction of sp³-hybridized carbons (Fsp3) is 0.364. The zero-order chi connectivity index (χ0) is 13.8. The van der Waals surface area contributed by atoms with Crippen molar-refractivity contribution in [3.05, 3.63) is 33.3 Å². The van der Waals surface area contributed by atoms with Crippen LogP contribution in [0.25, 0.3) is 0 Å². The number of para-hydroxylation sites is 1. The molecule has 1 rings (SSSR count). The van der Waals surface area contributed by atoms with Gasteiger partial charge in [-0.15, -0.1) is 0 Å². The minimum atomic E-state index is -0.937. The van der Waals surface area contributed by atoms with Crippen molar-refractivity contribution in [1.82, 2.24) is 5.32 Å². The van der Waals surface area contributed by atoms with Gasteiger partial charge in [-0.05, 0) is 20.0 Å². The molecule has 96 valence electrons. The van der Waals surface area contributed by atoms with Gasteiger partial charge < -0.3 is 4.74 Å². The van der Waals surface area contributed by atoms with Gasteiger partial charge in [-0.25, -0.2) is 0 Å². The van der Waals surface area contributed by atoms with Gasteiger partial charge in [-0.2, -0.15) is 5.26 Å². The van der Waals surface area contributed by atoms with Gasteiger partial charge in [0.15, 0.2) is 0 Å². The molecule has 1 aromatic carbocycles. The first kappa shape index (κ1) is 14.2. The molecule has 1 atom stereocenters.